The van der Waals surface area contributed by atoms with Gasteiger partial charge in [-0.25, -0.2) is 0 Å². The maximum atomic E-state index is 4.03. The van der Waals surface area contributed by atoms with E-state index in [-0.39, 0.29) is 0 Å². The van der Waals surface area contributed by atoms with E-state index in [1.54, 1.807) is 5.57 Å². The monoisotopic (exact) mass is 200 g/mol. The van der Waals surface area contributed by atoms with Gasteiger partial charge in [-0.05, 0) is 42.7 Å². The number of hydrogen-bond acceptors (Lipinski definition) is 0. The minimum atomic E-state index is 0.549. The van der Waals surface area contributed by atoms with Gasteiger partial charge >= 0.3 is 0 Å². The molecule has 0 bridgehead atoms. The Bertz CT molecular complexity index is 329. The molecule has 15 heavy (non-hydrogen) atoms. The molecule has 0 amide bonds. The molecule has 1 saturated carbocycles. The average Bonchev–Trinajstić information content (AvgIpc) is 2.43. The van der Waals surface area contributed by atoms with Crippen LogP contribution in [0.5, 0.6) is 0 Å². The first-order valence-electron chi connectivity index (χ1n) is 6.16. The molecule has 0 aromatic heterocycles. The van der Waals surface area contributed by atoms with Crippen molar-refractivity contribution in [2.45, 2.75) is 45.4 Å². The fourth-order valence-electron chi connectivity index (χ4n) is 2.64. The van der Waals surface area contributed by atoms with Crippen LogP contribution in [-0.2, 0) is 0 Å². The summed E-state index contributed by atoms with van der Waals surface area (Å²) in [7, 11) is 0. The van der Waals surface area contributed by atoms with Crippen molar-refractivity contribution in [1.82, 2.24) is 0 Å². The second kappa shape index (κ2) is 4.71. The first-order valence-corrected chi connectivity index (χ1v) is 6.16. The SMILES string of the molecule is C=C1C#CC=C(C2CCCCC2)CC1C. The van der Waals surface area contributed by atoms with Gasteiger partial charge in [0.25, 0.3) is 0 Å². The summed E-state index contributed by atoms with van der Waals surface area (Å²) in [6, 6.07) is 0. The molecule has 1 fully saturated rings. The molecule has 2 rings (SSSR count). The van der Waals surface area contributed by atoms with Crippen LogP contribution in [0.25, 0.3) is 0 Å². The Hall–Kier alpha value is -0.960. The Morgan fingerprint density at radius 2 is 2.00 bits per heavy atom. The molecule has 0 aliphatic heterocycles. The van der Waals surface area contributed by atoms with Crippen LogP contribution in [0.2, 0.25) is 0 Å². The van der Waals surface area contributed by atoms with Crippen LogP contribution in [-0.4, -0.2) is 0 Å². The van der Waals surface area contributed by atoms with Gasteiger partial charge in [0.15, 0.2) is 0 Å². The van der Waals surface area contributed by atoms with Gasteiger partial charge in [-0.3, -0.25) is 0 Å². The van der Waals surface area contributed by atoms with Crippen molar-refractivity contribution in [3.8, 4) is 11.8 Å². The third-order valence-corrected chi connectivity index (χ3v) is 3.76. The van der Waals surface area contributed by atoms with E-state index in [0.717, 1.165) is 11.5 Å². The molecular formula is C15H20. The maximum Gasteiger partial charge on any atom is -0.00166 e. The van der Waals surface area contributed by atoms with Crippen molar-refractivity contribution in [3.63, 3.8) is 0 Å². The van der Waals surface area contributed by atoms with E-state index < -0.39 is 0 Å². The smallest absolute Gasteiger partial charge is 0.00166 e. The fourth-order valence-corrected chi connectivity index (χ4v) is 2.64. The molecule has 80 valence electrons. The third-order valence-electron chi connectivity index (χ3n) is 3.76. The van der Waals surface area contributed by atoms with Crippen molar-refractivity contribution in [1.29, 1.82) is 0 Å². The van der Waals surface area contributed by atoms with E-state index in [1.807, 2.05) is 0 Å². The van der Waals surface area contributed by atoms with Gasteiger partial charge in [0.2, 0.25) is 0 Å². The van der Waals surface area contributed by atoms with E-state index in [0.29, 0.717) is 5.92 Å². The second-order valence-corrected chi connectivity index (χ2v) is 4.95. The van der Waals surface area contributed by atoms with Crippen LogP contribution in [0.1, 0.15) is 45.4 Å². The summed E-state index contributed by atoms with van der Waals surface area (Å²) in [6.45, 7) is 6.28. The van der Waals surface area contributed by atoms with Crippen LogP contribution < -0.4 is 0 Å². The maximum absolute atomic E-state index is 4.03. The zero-order valence-electron chi connectivity index (χ0n) is 9.68. The first-order chi connectivity index (χ1) is 7.27. The third kappa shape index (κ3) is 2.53. The Morgan fingerprint density at radius 3 is 2.73 bits per heavy atom. The highest BCUT2D eigenvalue weighted by Gasteiger charge is 2.20. The Labute approximate surface area is 93.5 Å². The highest BCUT2D eigenvalue weighted by Crippen LogP contribution is 2.34. The van der Waals surface area contributed by atoms with Crippen LogP contribution in [0.4, 0.5) is 0 Å². The molecule has 1 unspecified atom stereocenters. The molecule has 0 radical (unpaired) electrons. The second-order valence-electron chi connectivity index (χ2n) is 4.95. The summed E-state index contributed by atoms with van der Waals surface area (Å²) in [5.74, 6) is 7.68. The predicted octanol–water partition coefficient (Wildman–Crippen LogP) is 4.09. The normalized spacial score (nSPS) is 27.7. The van der Waals surface area contributed by atoms with Crippen LogP contribution in [0.15, 0.2) is 23.8 Å². The van der Waals surface area contributed by atoms with Crippen molar-refractivity contribution in [3.05, 3.63) is 23.8 Å². The lowest BCUT2D eigenvalue weighted by atomic mass is 9.80. The summed E-state index contributed by atoms with van der Waals surface area (Å²) in [4.78, 5) is 0. The molecule has 0 heteroatoms. The van der Waals surface area contributed by atoms with Crippen molar-refractivity contribution < 1.29 is 0 Å². The van der Waals surface area contributed by atoms with Crippen LogP contribution in [0, 0.1) is 23.7 Å². The molecule has 1 atom stereocenters. The van der Waals surface area contributed by atoms with Crippen molar-refractivity contribution >= 4 is 0 Å². The van der Waals surface area contributed by atoms with E-state index >= 15 is 0 Å². The highest BCUT2D eigenvalue weighted by molar-refractivity contribution is 5.38. The predicted molar refractivity (Wildman–Crippen MR) is 65.4 cm³/mol. The summed E-state index contributed by atoms with van der Waals surface area (Å²) in [6.07, 6.45) is 10.3. The number of rotatable bonds is 1. The minimum absolute atomic E-state index is 0.549. The van der Waals surface area contributed by atoms with Gasteiger partial charge in [0.1, 0.15) is 0 Å². The zero-order valence-corrected chi connectivity index (χ0v) is 9.68. The summed E-state index contributed by atoms with van der Waals surface area (Å²) >= 11 is 0. The molecule has 0 heterocycles. The van der Waals surface area contributed by atoms with Crippen LogP contribution in [0.3, 0.4) is 0 Å². The lowest BCUT2D eigenvalue weighted by Gasteiger charge is -2.25. The van der Waals surface area contributed by atoms with Gasteiger partial charge in [-0.1, -0.05) is 50.2 Å². The number of allylic oxidation sites excluding steroid dienone is 3. The van der Waals surface area contributed by atoms with Gasteiger partial charge in [0, 0.05) is 0 Å². The summed E-state index contributed by atoms with van der Waals surface area (Å²) in [5.41, 5.74) is 2.70. The Kier molecular flexibility index (Phi) is 3.31. The van der Waals surface area contributed by atoms with Gasteiger partial charge < -0.3 is 0 Å². The first kappa shape index (κ1) is 10.6. The van der Waals surface area contributed by atoms with Crippen molar-refractivity contribution in [2.75, 3.05) is 0 Å². The summed E-state index contributed by atoms with van der Waals surface area (Å²) in [5, 5.41) is 0. The quantitative estimate of drug-likeness (QED) is 0.559. The van der Waals surface area contributed by atoms with Crippen molar-refractivity contribution in [2.24, 2.45) is 11.8 Å². The Morgan fingerprint density at radius 1 is 1.27 bits per heavy atom. The molecule has 0 spiro atoms. The van der Waals surface area contributed by atoms with E-state index in [1.165, 1.54) is 38.5 Å². The zero-order chi connectivity index (χ0) is 10.7. The Balaban J connectivity index is 2.08. The van der Waals surface area contributed by atoms with E-state index in [2.05, 4.69) is 31.4 Å². The molecule has 0 aromatic carbocycles. The highest BCUT2D eigenvalue weighted by atomic mass is 14.2. The molecule has 0 N–H and O–H groups in total. The standard InChI is InChI=1S/C15H20/c1-12-7-6-10-15(11-13(12)2)14-8-4-3-5-9-14/h10,13-14H,1,3-5,8-9,11H2,2H3. The molecular weight excluding hydrogens is 180 g/mol. The average molecular weight is 200 g/mol. The van der Waals surface area contributed by atoms with Crippen LogP contribution >= 0.6 is 0 Å². The molecule has 2 aliphatic rings. The topological polar surface area (TPSA) is 0 Å². The molecule has 0 saturated heterocycles. The van der Waals surface area contributed by atoms with Gasteiger partial charge in [-0.2, -0.15) is 0 Å². The lowest BCUT2D eigenvalue weighted by Crippen LogP contribution is -2.11. The van der Waals surface area contributed by atoms with E-state index in [9.17, 15) is 0 Å². The number of hydrogen-bond donors (Lipinski definition) is 0. The molecule has 2 aliphatic carbocycles. The van der Waals surface area contributed by atoms with Gasteiger partial charge in [-0.15, -0.1) is 0 Å². The largest absolute Gasteiger partial charge is 0.0871 e. The minimum Gasteiger partial charge on any atom is -0.0871 e. The fraction of sp³-hybridized carbons (Fsp3) is 0.600. The summed E-state index contributed by atoms with van der Waals surface area (Å²) < 4.78 is 0. The molecule has 0 aromatic rings. The molecule has 0 nitrogen and oxygen atoms in total. The van der Waals surface area contributed by atoms with Gasteiger partial charge in [0.05, 0.1) is 0 Å². The lowest BCUT2D eigenvalue weighted by molar-refractivity contribution is 0.389. The van der Waals surface area contributed by atoms with E-state index in [4.69, 9.17) is 0 Å².